The first-order valence-electron chi connectivity index (χ1n) is 4.75. The summed E-state index contributed by atoms with van der Waals surface area (Å²) in [6.07, 6.45) is 0.840. The van der Waals surface area contributed by atoms with Gasteiger partial charge < -0.3 is 10.1 Å². The lowest BCUT2D eigenvalue weighted by molar-refractivity contribution is -0.131. The maximum atomic E-state index is 11.0. The Morgan fingerprint density at radius 1 is 1.36 bits per heavy atom. The van der Waals surface area contributed by atoms with Crippen LogP contribution in [0.15, 0.2) is 30.3 Å². The van der Waals surface area contributed by atoms with E-state index < -0.39 is 0 Å². The number of rotatable bonds is 2. The lowest BCUT2D eigenvalue weighted by Crippen LogP contribution is -2.46. The summed E-state index contributed by atoms with van der Waals surface area (Å²) < 4.78 is 5.15. The van der Waals surface area contributed by atoms with E-state index in [4.69, 9.17) is 4.74 Å². The highest BCUT2D eigenvalue weighted by molar-refractivity contribution is 5.78. The van der Waals surface area contributed by atoms with Crippen LogP contribution in [-0.2, 0) is 16.0 Å². The molecule has 14 heavy (non-hydrogen) atoms. The van der Waals surface area contributed by atoms with E-state index in [1.807, 2.05) is 18.2 Å². The van der Waals surface area contributed by atoms with Crippen LogP contribution < -0.4 is 5.32 Å². The third-order valence-electron chi connectivity index (χ3n) is 2.24. The molecule has 1 N–H and O–H groups in total. The van der Waals surface area contributed by atoms with Gasteiger partial charge >= 0.3 is 0 Å². The molecule has 1 fully saturated rings. The first kappa shape index (κ1) is 9.21. The fourth-order valence-corrected chi connectivity index (χ4v) is 1.61. The van der Waals surface area contributed by atoms with Crippen molar-refractivity contribution in [3.05, 3.63) is 35.9 Å². The Labute approximate surface area is 83.1 Å². The molecule has 1 heterocycles. The van der Waals surface area contributed by atoms with Gasteiger partial charge in [-0.1, -0.05) is 30.3 Å². The monoisotopic (exact) mass is 191 g/mol. The molecule has 2 rings (SSSR count). The summed E-state index contributed by atoms with van der Waals surface area (Å²) in [5.74, 6) is -0.0165. The van der Waals surface area contributed by atoms with Gasteiger partial charge in [-0.05, 0) is 12.0 Å². The quantitative estimate of drug-likeness (QED) is 0.749. The largest absolute Gasteiger partial charge is 0.369 e. The van der Waals surface area contributed by atoms with Gasteiger partial charge in [0.25, 0.3) is 0 Å². The molecule has 1 aliphatic heterocycles. The molecule has 0 radical (unpaired) electrons. The first-order valence-corrected chi connectivity index (χ1v) is 4.75. The van der Waals surface area contributed by atoms with Crippen molar-refractivity contribution in [2.75, 3.05) is 13.2 Å². The minimum atomic E-state index is -0.0165. The SMILES string of the molecule is O=C1COC[C@H](Cc2ccccc2)N1. The summed E-state index contributed by atoms with van der Waals surface area (Å²) in [6.45, 7) is 0.811. The zero-order chi connectivity index (χ0) is 9.80. The van der Waals surface area contributed by atoms with Gasteiger partial charge in [-0.2, -0.15) is 0 Å². The van der Waals surface area contributed by atoms with Crippen LogP contribution in [0.3, 0.4) is 0 Å². The van der Waals surface area contributed by atoms with Crippen molar-refractivity contribution in [3.8, 4) is 0 Å². The highest BCUT2D eigenvalue weighted by Gasteiger charge is 2.18. The smallest absolute Gasteiger partial charge is 0.246 e. The second kappa shape index (κ2) is 4.24. The molecule has 1 aliphatic rings. The number of amides is 1. The summed E-state index contributed by atoms with van der Waals surface area (Å²) in [6, 6.07) is 10.2. The van der Waals surface area contributed by atoms with Crippen molar-refractivity contribution in [1.82, 2.24) is 5.32 Å². The zero-order valence-electron chi connectivity index (χ0n) is 7.90. The van der Waals surface area contributed by atoms with E-state index in [9.17, 15) is 4.79 Å². The number of hydrogen-bond donors (Lipinski definition) is 1. The van der Waals surface area contributed by atoms with Gasteiger partial charge in [-0.15, -0.1) is 0 Å². The molecular weight excluding hydrogens is 178 g/mol. The lowest BCUT2D eigenvalue weighted by atomic mass is 10.1. The van der Waals surface area contributed by atoms with E-state index in [0.29, 0.717) is 6.61 Å². The zero-order valence-corrected chi connectivity index (χ0v) is 7.90. The van der Waals surface area contributed by atoms with Gasteiger partial charge in [-0.3, -0.25) is 4.79 Å². The molecular formula is C11H13NO2. The van der Waals surface area contributed by atoms with Crippen LogP contribution in [0.2, 0.25) is 0 Å². The van der Waals surface area contributed by atoms with Crippen LogP contribution in [-0.4, -0.2) is 25.2 Å². The number of carbonyl (C=O) groups excluding carboxylic acids is 1. The molecule has 0 unspecified atom stereocenters. The highest BCUT2D eigenvalue weighted by atomic mass is 16.5. The molecule has 74 valence electrons. The number of carbonyl (C=O) groups is 1. The summed E-state index contributed by atoms with van der Waals surface area (Å²) >= 11 is 0. The summed E-state index contributed by atoms with van der Waals surface area (Å²) in [5, 5.41) is 2.90. The molecule has 1 amide bonds. The second-order valence-corrected chi connectivity index (χ2v) is 3.47. The molecule has 0 aromatic heterocycles. The predicted octanol–water partition coefficient (Wildman–Crippen LogP) is 0.744. The third-order valence-corrected chi connectivity index (χ3v) is 2.24. The first-order chi connectivity index (χ1) is 6.84. The van der Waals surface area contributed by atoms with Gasteiger partial charge in [0, 0.05) is 0 Å². The fraction of sp³-hybridized carbons (Fsp3) is 0.364. The minimum absolute atomic E-state index is 0.0165. The highest BCUT2D eigenvalue weighted by Crippen LogP contribution is 2.05. The number of morpholine rings is 1. The molecule has 1 aromatic carbocycles. The maximum absolute atomic E-state index is 11.0. The molecule has 1 aromatic rings. The Balaban J connectivity index is 1.94. The van der Waals surface area contributed by atoms with Crippen LogP contribution >= 0.6 is 0 Å². The van der Waals surface area contributed by atoms with E-state index >= 15 is 0 Å². The average Bonchev–Trinajstić information content (AvgIpc) is 2.19. The molecule has 0 saturated carbocycles. The fourth-order valence-electron chi connectivity index (χ4n) is 1.61. The minimum Gasteiger partial charge on any atom is -0.369 e. The Morgan fingerprint density at radius 3 is 2.86 bits per heavy atom. The van der Waals surface area contributed by atoms with Crippen molar-refractivity contribution in [2.24, 2.45) is 0 Å². The van der Waals surface area contributed by atoms with Crippen LogP contribution in [0.5, 0.6) is 0 Å². The van der Waals surface area contributed by atoms with Crippen molar-refractivity contribution in [1.29, 1.82) is 0 Å². The van der Waals surface area contributed by atoms with Gasteiger partial charge in [0.05, 0.1) is 12.6 Å². The van der Waals surface area contributed by atoms with Gasteiger partial charge in [0.2, 0.25) is 5.91 Å². The number of hydrogen-bond acceptors (Lipinski definition) is 2. The lowest BCUT2D eigenvalue weighted by Gasteiger charge is -2.23. The van der Waals surface area contributed by atoms with Crippen molar-refractivity contribution in [2.45, 2.75) is 12.5 Å². The predicted molar refractivity (Wildman–Crippen MR) is 52.9 cm³/mol. The van der Waals surface area contributed by atoms with Crippen LogP contribution in [0.1, 0.15) is 5.56 Å². The number of nitrogens with one attached hydrogen (secondary N) is 1. The van der Waals surface area contributed by atoms with E-state index in [0.717, 1.165) is 6.42 Å². The standard InChI is InChI=1S/C11H13NO2/c13-11-8-14-7-10(12-11)6-9-4-2-1-3-5-9/h1-5,10H,6-8H2,(H,12,13)/t10-/m0/s1. The Hall–Kier alpha value is -1.35. The van der Waals surface area contributed by atoms with Gasteiger partial charge in [0.15, 0.2) is 0 Å². The summed E-state index contributed by atoms with van der Waals surface area (Å²) in [5.41, 5.74) is 1.23. The van der Waals surface area contributed by atoms with E-state index in [1.165, 1.54) is 5.56 Å². The van der Waals surface area contributed by atoms with Crippen LogP contribution in [0.4, 0.5) is 0 Å². The van der Waals surface area contributed by atoms with Gasteiger partial charge in [-0.25, -0.2) is 0 Å². The molecule has 0 bridgehead atoms. The molecule has 1 saturated heterocycles. The topological polar surface area (TPSA) is 38.3 Å². The molecule has 0 aliphatic carbocycles. The van der Waals surface area contributed by atoms with E-state index in [-0.39, 0.29) is 18.6 Å². The second-order valence-electron chi connectivity index (χ2n) is 3.47. The Kier molecular flexibility index (Phi) is 2.79. The summed E-state index contributed by atoms with van der Waals surface area (Å²) in [7, 11) is 0. The molecule has 1 atom stereocenters. The molecule has 3 nitrogen and oxygen atoms in total. The Bertz CT molecular complexity index is 310. The van der Waals surface area contributed by atoms with Crippen LogP contribution in [0.25, 0.3) is 0 Å². The number of ether oxygens (including phenoxy) is 1. The number of benzene rings is 1. The third kappa shape index (κ3) is 2.33. The normalized spacial score (nSPS) is 21.7. The van der Waals surface area contributed by atoms with E-state index in [2.05, 4.69) is 17.4 Å². The average molecular weight is 191 g/mol. The van der Waals surface area contributed by atoms with Gasteiger partial charge in [0.1, 0.15) is 6.61 Å². The Morgan fingerprint density at radius 2 is 2.14 bits per heavy atom. The van der Waals surface area contributed by atoms with Crippen molar-refractivity contribution < 1.29 is 9.53 Å². The van der Waals surface area contributed by atoms with Crippen LogP contribution in [0, 0.1) is 0 Å². The van der Waals surface area contributed by atoms with E-state index in [1.54, 1.807) is 0 Å². The summed E-state index contributed by atoms with van der Waals surface area (Å²) in [4.78, 5) is 11.0. The van der Waals surface area contributed by atoms with Crippen molar-refractivity contribution in [3.63, 3.8) is 0 Å². The van der Waals surface area contributed by atoms with Crippen molar-refractivity contribution >= 4 is 5.91 Å². The molecule has 3 heteroatoms. The molecule has 0 spiro atoms. The maximum Gasteiger partial charge on any atom is 0.246 e.